The highest BCUT2D eigenvalue weighted by atomic mass is 16.2. The maximum atomic E-state index is 13.5. The predicted molar refractivity (Wildman–Crippen MR) is 133 cm³/mol. The van der Waals surface area contributed by atoms with Gasteiger partial charge in [0.2, 0.25) is 5.91 Å². The number of primary amides is 1. The van der Waals surface area contributed by atoms with E-state index < -0.39 is 29.1 Å². The SMILES string of the molecule is CCN(C(=O)C1=NN(c2ccccc2)C(C(N)=O)C1)c1c(N)n(Cc2ccccc2)c(=O)[nH]c1=O. The third kappa shape index (κ3) is 4.56. The van der Waals surface area contributed by atoms with Crippen LogP contribution in [0.3, 0.4) is 0 Å². The van der Waals surface area contributed by atoms with Crippen LogP contribution >= 0.6 is 0 Å². The molecule has 0 aliphatic carbocycles. The van der Waals surface area contributed by atoms with Gasteiger partial charge in [0, 0.05) is 13.0 Å². The van der Waals surface area contributed by atoms with E-state index in [-0.39, 0.29) is 36.7 Å². The average Bonchev–Trinajstić information content (AvgIpc) is 3.31. The third-order valence-electron chi connectivity index (χ3n) is 5.74. The molecule has 1 aliphatic heterocycles. The maximum absolute atomic E-state index is 13.5. The van der Waals surface area contributed by atoms with Gasteiger partial charge in [0.1, 0.15) is 17.6 Å². The quantitative estimate of drug-likeness (QED) is 0.455. The van der Waals surface area contributed by atoms with Crippen LogP contribution in [0.2, 0.25) is 0 Å². The standard InChI is InChI=1S/C24H25N7O4/c1-2-29(19-20(25)30(24(35)27-22(19)33)14-15-9-5-3-6-10-15)23(34)17-13-18(21(26)32)31(28-17)16-11-7-4-8-12-16/h3-12,18H,2,13-14,25H2,1H3,(H2,26,32)(H,27,33,35). The lowest BCUT2D eigenvalue weighted by Crippen LogP contribution is -2.44. The molecule has 2 amide bonds. The van der Waals surface area contributed by atoms with Gasteiger partial charge in [-0.25, -0.2) is 4.79 Å². The Morgan fingerprint density at radius 3 is 2.31 bits per heavy atom. The molecule has 4 rings (SSSR count). The highest BCUT2D eigenvalue weighted by Gasteiger charge is 2.37. The number of para-hydroxylation sites is 1. The minimum absolute atomic E-state index is 0.0406. The van der Waals surface area contributed by atoms with Gasteiger partial charge in [-0.1, -0.05) is 48.5 Å². The summed E-state index contributed by atoms with van der Waals surface area (Å²) >= 11 is 0. The first kappa shape index (κ1) is 23.5. The second-order valence-corrected chi connectivity index (χ2v) is 7.96. The summed E-state index contributed by atoms with van der Waals surface area (Å²) in [6.45, 7) is 1.84. The minimum atomic E-state index is -0.863. The lowest BCUT2D eigenvalue weighted by atomic mass is 10.1. The molecule has 35 heavy (non-hydrogen) atoms. The molecule has 11 nitrogen and oxygen atoms in total. The molecule has 0 saturated carbocycles. The molecule has 1 aromatic heterocycles. The second-order valence-electron chi connectivity index (χ2n) is 7.96. The Labute approximate surface area is 200 Å². The largest absolute Gasteiger partial charge is 0.383 e. The highest BCUT2D eigenvalue weighted by Crippen LogP contribution is 2.26. The summed E-state index contributed by atoms with van der Waals surface area (Å²) in [5.74, 6) is -1.40. The number of hydrogen-bond acceptors (Lipinski definition) is 7. The van der Waals surface area contributed by atoms with E-state index in [1.54, 1.807) is 31.2 Å². The zero-order chi connectivity index (χ0) is 25.1. The van der Waals surface area contributed by atoms with Crippen molar-refractivity contribution in [2.45, 2.75) is 25.9 Å². The number of nitrogens with two attached hydrogens (primary N) is 2. The number of hydrazone groups is 1. The maximum Gasteiger partial charge on any atom is 0.330 e. The molecule has 3 aromatic rings. The monoisotopic (exact) mass is 475 g/mol. The number of benzene rings is 2. The van der Waals surface area contributed by atoms with Crippen LogP contribution in [-0.2, 0) is 16.1 Å². The van der Waals surface area contributed by atoms with Crippen molar-refractivity contribution in [1.82, 2.24) is 9.55 Å². The molecular formula is C24H25N7O4. The third-order valence-corrected chi connectivity index (χ3v) is 5.74. The van der Waals surface area contributed by atoms with E-state index in [2.05, 4.69) is 10.1 Å². The van der Waals surface area contributed by atoms with Crippen molar-refractivity contribution < 1.29 is 9.59 Å². The Balaban J connectivity index is 1.73. The van der Waals surface area contributed by atoms with E-state index in [1.165, 1.54) is 9.58 Å². The first-order valence-corrected chi connectivity index (χ1v) is 11.0. The molecule has 0 bridgehead atoms. The van der Waals surface area contributed by atoms with Crippen LogP contribution in [0.1, 0.15) is 18.9 Å². The molecule has 5 N–H and O–H groups in total. The molecule has 180 valence electrons. The Hall–Kier alpha value is -4.67. The number of aromatic amines is 1. The number of H-pyrrole nitrogens is 1. The molecule has 11 heteroatoms. The van der Waals surface area contributed by atoms with Crippen LogP contribution in [0, 0.1) is 0 Å². The summed E-state index contributed by atoms with van der Waals surface area (Å²) in [4.78, 5) is 54.3. The van der Waals surface area contributed by atoms with Gasteiger partial charge >= 0.3 is 5.69 Å². The van der Waals surface area contributed by atoms with E-state index in [0.29, 0.717) is 5.69 Å². The second kappa shape index (κ2) is 9.67. The lowest BCUT2D eigenvalue weighted by molar-refractivity contribution is -0.119. The molecule has 0 saturated heterocycles. The number of nitrogens with one attached hydrogen (secondary N) is 1. The Kier molecular flexibility index (Phi) is 6.49. The zero-order valence-corrected chi connectivity index (χ0v) is 19.0. The van der Waals surface area contributed by atoms with Crippen LogP contribution in [0.4, 0.5) is 17.2 Å². The topological polar surface area (TPSA) is 160 Å². The van der Waals surface area contributed by atoms with Crippen molar-refractivity contribution in [2.75, 3.05) is 22.2 Å². The van der Waals surface area contributed by atoms with Crippen molar-refractivity contribution in [3.63, 3.8) is 0 Å². The van der Waals surface area contributed by atoms with E-state index in [1.807, 2.05) is 36.4 Å². The highest BCUT2D eigenvalue weighted by molar-refractivity contribution is 6.45. The van der Waals surface area contributed by atoms with Crippen LogP contribution in [0.25, 0.3) is 0 Å². The number of rotatable bonds is 7. The number of nitrogen functional groups attached to an aromatic ring is 1. The molecule has 1 aliphatic rings. The molecule has 2 heterocycles. The Morgan fingerprint density at radius 1 is 1.09 bits per heavy atom. The summed E-state index contributed by atoms with van der Waals surface area (Å²) in [7, 11) is 0. The van der Waals surface area contributed by atoms with Gasteiger partial charge in [-0.05, 0) is 24.6 Å². The van der Waals surface area contributed by atoms with Gasteiger partial charge in [-0.3, -0.25) is 33.8 Å². The predicted octanol–water partition coefficient (Wildman–Crippen LogP) is 0.640. The first-order valence-electron chi connectivity index (χ1n) is 11.0. The molecule has 0 radical (unpaired) electrons. The molecular weight excluding hydrogens is 450 g/mol. The van der Waals surface area contributed by atoms with Crippen LogP contribution in [-0.4, -0.2) is 39.7 Å². The van der Waals surface area contributed by atoms with Gasteiger partial charge in [-0.2, -0.15) is 5.10 Å². The summed E-state index contributed by atoms with van der Waals surface area (Å²) < 4.78 is 1.20. The van der Waals surface area contributed by atoms with E-state index in [9.17, 15) is 19.2 Å². The molecule has 2 aromatic carbocycles. The first-order chi connectivity index (χ1) is 16.8. The number of aromatic nitrogens is 2. The number of anilines is 3. The minimum Gasteiger partial charge on any atom is -0.383 e. The Morgan fingerprint density at radius 2 is 1.71 bits per heavy atom. The number of carbonyl (C=O) groups excluding carboxylic acids is 2. The van der Waals surface area contributed by atoms with Crippen molar-refractivity contribution >= 4 is 34.7 Å². The fraction of sp³-hybridized carbons (Fsp3) is 0.208. The number of amides is 2. The molecule has 1 atom stereocenters. The zero-order valence-electron chi connectivity index (χ0n) is 19.0. The molecule has 0 fully saturated rings. The van der Waals surface area contributed by atoms with Crippen molar-refractivity contribution in [3.8, 4) is 0 Å². The van der Waals surface area contributed by atoms with E-state index >= 15 is 0 Å². The number of nitrogens with zero attached hydrogens (tertiary/aromatic N) is 4. The Bertz CT molecular complexity index is 1400. The van der Waals surface area contributed by atoms with Gasteiger partial charge in [-0.15, -0.1) is 0 Å². The summed E-state index contributed by atoms with van der Waals surface area (Å²) in [5.41, 5.74) is 11.6. The van der Waals surface area contributed by atoms with Gasteiger partial charge < -0.3 is 11.5 Å². The van der Waals surface area contributed by atoms with Crippen LogP contribution in [0.15, 0.2) is 75.4 Å². The van der Waals surface area contributed by atoms with Crippen LogP contribution in [0.5, 0.6) is 0 Å². The van der Waals surface area contributed by atoms with Crippen molar-refractivity contribution in [3.05, 3.63) is 87.1 Å². The van der Waals surface area contributed by atoms with Gasteiger partial charge in [0.15, 0.2) is 5.69 Å². The molecule has 0 spiro atoms. The van der Waals surface area contributed by atoms with E-state index in [4.69, 9.17) is 11.5 Å². The van der Waals surface area contributed by atoms with Gasteiger partial charge in [0.25, 0.3) is 11.5 Å². The molecule has 1 unspecified atom stereocenters. The van der Waals surface area contributed by atoms with Gasteiger partial charge in [0.05, 0.1) is 12.2 Å². The summed E-state index contributed by atoms with van der Waals surface area (Å²) in [5, 5.41) is 5.75. The summed E-state index contributed by atoms with van der Waals surface area (Å²) in [6, 6.07) is 17.1. The normalized spacial score (nSPS) is 15.1. The van der Waals surface area contributed by atoms with Crippen molar-refractivity contribution in [1.29, 1.82) is 0 Å². The van der Waals surface area contributed by atoms with E-state index in [0.717, 1.165) is 10.5 Å². The van der Waals surface area contributed by atoms with Crippen molar-refractivity contribution in [2.24, 2.45) is 10.8 Å². The number of hydrogen-bond donors (Lipinski definition) is 3. The number of carbonyl (C=O) groups is 2. The average molecular weight is 476 g/mol. The fourth-order valence-electron chi connectivity index (χ4n) is 4.00. The van der Waals surface area contributed by atoms with Crippen LogP contribution < -0.4 is 32.6 Å². The fourth-order valence-corrected chi connectivity index (χ4v) is 4.00. The smallest absolute Gasteiger partial charge is 0.330 e. The summed E-state index contributed by atoms with van der Waals surface area (Å²) in [6.07, 6.45) is -0.0406. The lowest BCUT2D eigenvalue weighted by Gasteiger charge is -2.23.